The Bertz CT molecular complexity index is 687. The molecule has 3 rings (SSSR count). The van der Waals surface area contributed by atoms with Gasteiger partial charge in [-0.15, -0.1) is 5.10 Å². The number of methoxy groups -OCH3 is 1. The van der Waals surface area contributed by atoms with Crippen molar-refractivity contribution >= 4 is 23.3 Å². The van der Waals surface area contributed by atoms with E-state index in [4.69, 9.17) is 16.3 Å². The van der Waals surface area contributed by atoms with Crippen LogP contribution in [0.5, 0.6) is 0 Å². The molecule has 7 heteroatoms. The van der Waals surface area contributed by atoms with Crippen LogP contribution < -0.4 is 4.90 Å². The fourth-order valence-electron chi connectivity index (χ4n) is 3.13. The lowest BCUT2D eigenvalue weighted by Crippen LogP contribution is -2.48. The van der Waals surface area contributed by atoms with E-state index >= 15 is 0 Å². The van der Waals surface area contributed by atoms with E-state index in [1.807, 2.05) is 12.1 Å². The Balaban J connectivity index is 1.85. The standard InChI is InChI=1S/C16H17ClN4O2/c1-23-15(22)16(12-2-6-18-7-3-12)4-8-21(9-5-16)13-10-14(17)20-19-11-13/h2-3,6-7,10-11H,4-5,8-9H2,1H3. The SMILES string of the molecule is COC(=O)C1(c2ccncc2)CCN(c2cnnc(Cl)c2)CC1. The van der Waals surface area contributed by atoms with Crippen molar-refractivity contribution in [2.75, 3.05) is 25.1 Å². The summed E-state index contributed by atoms with van der Waals surface area (Å²) in [6.07, 6.45) is 6.41. The minimum absolute atomic E-state index is 0.200. The molecule has 0 N–H and O–H groups in total. The van der Waals surface area contributed by atoms with Gasteiger partial charge >= 0.3 is 5.97 Å². The van der Waals surface area contributed by atoms with E-state index < -0.39 is 5.41 Å². The first kappa shape index (κ1) is 15.7. The number of aromatic nitrogens is 3. The summed E-state index contributed by atoms with van der Waals surface area (Å²) < 4.78 is 5.09. The minimum atomic E-state index is -0.627. The number of hydrogen-bond donors (Lipinski definition) is 0. The first-order valence-corrected chi connectivity index (χ1v) is 7.75. The highest BCUT2D eigenvalue weighted by atomic mass is 35.5. The number of nitrogens with zero attached hydrogens (tertiary/aromatic N) is 4. The lowest BCUT2D eigenvalue weighted by Gasteiger charge is -2.40. The summed E-state index contributed by atoms with van der Waals surface area (Å²) in [4.78, 5) is 18.7. The highest BCUT2D eigenvalue weighted by Crippen LogP contribution is 2.37. The molecule has 2 aromatic rings. The van der Waals surface area contributed by atoms with Crippen molar-refractivity contribution in [2.24, 2.45) is 0 Å². The van der Waals surface area contributed by atoms with E-state index in [2.05, 4.69) is 20.1 Å². The van der Waals surface area contributed by atoms with Crippen molar-refractivity contribution in [1.82, 2.24) is 15.2 Å². The molecule has 0 unspecified atom stereocenters. The monoisotopic (exact) mass is 332 g/mol. The maximum Gasteiger partial charge on any atom is 0.316 e. The Morgan fingerprint density at radius 3 is 2.61 bits per heavy atom. The molecule has 0 atom stereocenters. The summed E-state index contributed by atoms with van der Waals surface area (Å²) in [7, 11) is 1.43. The molecule has 0 radical (unpaired) electrons. The summed E-state index contributed by atoms with van der Waals surface area (Å²) in [6.45, 7) is 1.42. The number of piperidine rings is 1. The molecule has 0 aromatic carbocycles. The van der Waals surface area contributed by atoms with Crippen molar-refractivity contribution in [3.05, 3.63) is 47.5 Å². The van der Waals surface area contributed by atoms with Gasteiger partial charge in [0.15, 0.2) is 5.15 Å². The minimum Gasteiger partial charge on any atom is -0.468 e. The van der Waals surface area contributed by atoms with Crippen LogP contribution in [0.25, 0.3) is 0 Å². The van der Waals surface area contributed by atoms with Crippen LogP contribution in [0.15, 0.2) is 36.8 Å². The van der Waals surface area contributed by atoms with Crippen molar-refractivity contribution in [2.45, 2.75) is 18.3 Å². The Morgan fingerprint density at radius 1 is 1.30 bits per heavy atom. The second kappa shape index (κ2) is 6.50. The number of halogens is 1. The van der Waals surface area contributed by atoms with Crippen LogP contribution in [0.2, 0.25) is 5.15 Å². The van der Waals surface area contributed by atoms with Crippen molar-refractivity contribution in [1.29, 1.82) is 0 Å². The van der Waals surface area contributed by atoms with Gasteiger partial charge in [0.05, 0.1) is 24.4 Å². The quantitative estimate of drug-likeness (QED) is 0.803. The fraction of sp³-hybridized carbons (Fsp3) is 0.375. The van der Waals surface area contributed by atoms with Crippen LogP contribution in [0.1, 0.15) is 18.4 Å². The Morgan fingerprint density at radius 2 is 2.00 bits per heavy atom. The number of carbonyl (C=O) groups excluding carboxylic acids is 1. The normalized spacial score (nSPS) is 16.9. The number of hydrogen-bond acceptors (Lipinski definition) is 6. The van der Waals surface area contributed by atoms with Crippen molar-refractivity contribution < 1.29 is 9.53 Å². The smallest absolute Gasteiger partial charge is 0.316 e. The molecule has 1 fully saturated rings. The van der Waals surface area contributed by atoms with Crippen LogP contribution >= 0.6 is 11.6 Å². The second-order valence-electron chi connectivity index (χ2n) is 5.53. The third kappa shape index (κ3) is 2.99. The molecule has 120 valence electrons. The molecule has 0 amide bonds. The van der Waals surface area contributed by atoms with Crippen molar-refractivity contribution in [3.63, 3.8) is 0 Å². The highest BCUT2D eigenvalue weighted by molar-refractivity contribution is 6.29. The molecule has 1 aliphatic rings. The molecule has 1 aliphatic heterocycles. The van der Waals surface area contributed by atoms with E-state index in [0.29, 0.717) is 31.1 Å². The second-order valence-corrected chi connectivity index (χ2v) is 5.92. The van der Waals surface area contributed by atoms with Crippen LogP contribution in [0.3, 0.4) is 0 Å². The molecule has 0 spiro atoms. The lowest BCUT2D eigenvalue weighted by molar-refractivity contribution is -0.148. The summed E-state index contributed by atoms with van der Waals surface area (Å²) in [5.41, 5.74) is 1.24. The largest absolute Gasteiger partial charge is 0.468 e. The zero-order chi connectivity index (χ0) is 16.3. The maximum atomic E-state index is 12.5. The first-order valence-electron chi connectivity index (χ1n) is 7.38. The maximum absolute atomic E-state index is 12.5. The van der Waals surface area contributed by atoms with Crippen LogP contribution in [-0.2, 0) is 14.9 Å². The average Bonchev–Trinajstić information content (AvgIpc) is 2.62. The number of rotatable bonds is 3. The third-order valence-corrected chi connectivity index (χ3v) is 4.59. The summed E-state index contributed by atoms with van der Waals surface area (Å²) >= 11 is 5.91. The highest BCUT2D eigenvalue weighted by Gasteiger charge is 2.44. The topological polar surface area (TPSA) is 68.2 Å². The number of ether oxygens (including phenoxy) is 1. The zero-order valence-corrected chi connectivity index (χ0v) is 13.5. The fourth-order valence-corrected chi connectivity index (χ4v) is 3.28. The van der Waals surface area contributed by atoms with Gasteiger partial charge in [-0.05, 0) is 30.5 Å². The molecular weight excluding hydrogens is 316 g/mol. The lowest BCUT2D eigenvalue weighted by atomic mass is 9.73. The number of esters is 1. The Kier molecular flexibility index (Phi) is 4.43. The number of anilines is 1. The van der Waals surface area contributed by atoms with Crippen LogP contribution in [0.4, 0.5) is 5.69 Å². The molecule has 23 heavy (non-hydrogen) atoms. The van der Waals surface area contributed by atoms with Gasteiger partial charge in [0.1, 0.15) is 0 Å². The van der Waals surface area contributed by atoms with E-state index in [1.165, 1.54) is 7.11 Å². The van der Waals surface area contributed by atoms with E-state index in [1.54, 1.807) is 24.7 Å². The molecule has 0 aliphatic carbocycles. The molecule has 6 nitrogen and oxygen atoms in total. The zero-order valence-electron chi connectivity index (χ0n) is 12.8. The van der Waals surface area contributed by atoms with Crippen molar-refractivity contribution in [3.8, 4) is 0 Å². The summed E-state index contributed by atoms with van der Waals surface area (Å²) in [6, 6.07) is 5.56. The predicted molar refractivity (Wildman–Crippen MR) is 86.4 cm³/mol. The summed E-state index contributed by atoms with van der Waals surface area (Å²) in [5.74, 6) is -0.200. The van der Waals surface area contributed by atoms with E-state index in [9.17, 15) is 4.79 Å². The number of carbonyl (C=O) groups is 1. The third-order valence-electron chi connectivity index (χ3n) is 4.40. The van der Waals surface area contributed by atoms with Gasteiger partial charge in [-0.3, -0.25) is 9.78 Å². The van der Waals surface area contributed by atoms with Gasteiger partial charge < -0.3 is 9.64 Å². The van der Waals surface area contributed by atoms with Crippen LogP contribution in [-0.4, -0.2) is 41.3 Å². The average molecular weight is 333 g/mol. The molecule has 0 bridgehead atoms. The molecule has 0 saturated carbocycles. The molecular formula is C16H17ClN4O2. The Labute approximate surface area is 139 Å². The van der Waals surface area contributed by atoms with Gasteiger partial charge in [0.2, 0.25) is 0 Å². The van der Waals surface area contributed by atoms with Gasteiger partial charge in [-0.1, -0.05) is 11.6 Å². The van der Waals surface area contributed by atoms with Gasteiger partial charge in [-0.25, -0.2) is 0 Å². The van der Waals surface area contributed by atoms with Gasteiger partial charge in [-0.2, -0.15) is 5.10 Å². The predicted octanol–water partition coefficient (Wildman–Crippen LogP) is 2.24. The number of pyridine rings is 1. The molecule has 2 aromatic heterocycles. The van der Waals surface area contributed by atoms with E-state index in [0.717, 1.165) is 11.3 Å². The molecule has 3 heterocycles. The first-order chi connectivity index (χ1) is 11.2. The van der Waals surface area contributed by atoms with Crippen LogP contribution in [0, 0.1) is 0 Å². The van der Waals surface area contributed by atoms with E-state index in [-0.39, 0.29) is 5.97 Å². The van der Waals surface area contributed by atoms with Gasteiger partial charge in [0, 0.05) is 31.5 Å². The molecule has 1 saturated heterocycles. The summed E-state index contributed by atoms with van der Waals surface area (Å²) in [5, 5.41) is 8.00. The Hall–Kier alpha value is -2.21. The van der Waals surface area contributed by atoms with Gasteiger partial charge in [0.25, 0.3) is 0 Å².